The van der Waals surface area contributed by atoms with Crippen LogP contribution in [0.5, 0.6) is 0 Å². The van der Waals surface area contributed by atoms with Gasteiger partial charge in [-0.25, -0.2) is 0 Å². The van der Waals surface area contributed by atoms with Crippen molar-refractivity contribution in [2.75, 3.05) is 13.7 Å². The monoisotopic (exact) mass is 265 g/mol. The van der Waals surface area contributed by atoms with E-state index in [1.54, 1.807) is 7.11 Å². The molecular weight excluding hydrogens is 242 g/mol. The fraction of sp³-hybridized carbons (Fsp3) is 0.857. The quantitative estimate of drug-likeness (QED) is 0.910. The van der Waals surface area contributed by atoms with Crippen LogP contribution in [-0.4, -0.2) is 23.8 Å². The van der Waals surface area contributed by atoms with Crippen molar-refractivity contribution in [1.82, 2.24) is 15.5 Å². The first-order chi connectivity index (χ1) is 9.23. The lowest BCUT2D eigenvalue weighted by Gasteiger charge is -2.36. The van der Waals surface area contributed by atoms with Gasteiger partial charge in [-0.15, -0.1) is 0 Å². The molecule has 5 heteroatoms. The number of hydrogen-bond donors (Lipinski definition) is 1. The summed E-state index contributed by atoms with van der Waals surface area (Å²) < 4.78 is 11.3. The lowest BCUT2D eigenvalue weighted by Crippen LogP contribution is -2.35. The van der Waals surface area contributed by atoms with E-state index in [0.717, 1.165) is 37.5 Å². The van der Waals surface area contributed by atoms with Crippen molar-refractivity contribution in [3.63, 3.8) is 0 Å². The Hall–Kier alpha value is -0.940. The Morgan fingerprint density at radius 2 is 2.26 bits per heavy atom. The van der Waals surface area contributed by atoms with Crippen LogP contribution < -0.4 is 5.32 Å². The Bertz CT molecular complexity index is 428. The summed E-state index contributed by atoms with van der Waals surface area (Å²) in [5.41, 5.74) is -0.335. The third kappa shape index (κ3) is 2.41. The maximum absolute atomic E-state index is 5.81. The van der Waals surface area contributed by atoms with Crippen molar-refractivity contribution in [2.45, 2.75) is 57.1 Å². The van der Waals surface area contributed by atoms with E-state index in [9.17, 15) is 0 Å². The average molecular weight is 265 g/mol. The van der Waals surface area contributed by atoms with Gasteiger partial charge in [-0.1, -0.05) is 18.5 Å². The summed E-state index contributed by atoms with van der Waals surface area (Å²) in [6, 6.07) is 0.233. The average Bonchev–Trinajstić information content (AvgIpc) is 3.09. The van der Waals surface area contributed by atoms with E-state index in [0.29, 0.717) is 5.92 Å². The van der Waals surface area contributed by atoms with Gasteiger partial charge in [-0.3, -0.25) is 0 Å². The first kappa shape index (κ1) is 13.1. The molecule has 1 aromatic heterocycles. The lowest BCUT2D eigenvalue weighted by atomic mass is 9.78. The van der Waals surface area contributed by atoms with Gasteiger partial charge in [0.15, 0.2) is 0 Å². The lowest BCUT2D eigenvalue weighted by molar-refractivity contribution is -0.0658. The molecule has 1 saturated heterocycles. The minimum Gasteiger partial charge on any atom is -0.370 e. The number of ether oxygens (including phenoxy) is 1. The molecule has 1 aromatic rings. The van der Waals surface area contributed by atoms with Crippen LogP contribution in [0, 0.1) is 5.92 Å². The maximum atomic E-state index is 5.81. The molecule has 2 aliphatic rings. The summed E-state index contributed by atoms with van der Waals surface area (Å²) in [7, 11) is 1.77. The van der Waals surface area contributed by atoms with Crippen molar-refractivity contribution in [1.29, 1.82) is 0 Å². The Labute approximate surface area is 114 Å². The second kappa shape index (κ2) is 5.21. The van der Waals surface area contributed by atoms with Crippen molar-refractivity contribution in [3.8, 4) is 0 Å². The molecule has 5 nitrogen and oxygen atoms in total. The summed E-state index contributed by atoms with van der Waals surface area (Å²) in [5.74, 6) is 2.12. The highest BCUT2D eigenvalue weighted by atomic mass is 16.5. The zero-order valence-corrected chi connectivity index (χ0v) is 11.8. The van der Waals surface area contributed by atoms with Crippen LogP contribution in [0.1, 0.15) is 63.2 Å². The number of nitrogens with one attached hydrogen (secondary N) is 1. The largest absolute Gasteiger partial charge is 0.370 e. The van der Waals surface area contributed by atoms with Gasteiger partial charge in [-0.2, -0.15) is 4.98 Å². The number of aromatic nitrogens is 2. The summed E-state index contributed by atoms with van der Waals surface area (Å²) in [5, 5.41) is 7.60. The van der Waals surface area contributed by atoms with E-state index in [2.05, 4.69) is 22.4 Å². The second-order valence-electron chi connectivity index (χ2n) is 6.01. The second-order valence-corrected chi connectivity index (χ2v) is 6.01. The molecule has 1 N–H and O–H groups in total. The van der Waals surface area contributed by atoms with Crippen molar-refractivity contribution in [3.05, 3.63) is 11.7 Å². The van der Waals surface area contributed by atoms with Crippen LogP contribution in [-0.2, 0) is 10.3 Å². The molecule has 0 aromatic carbocycles. The molecule has 3 rings (SSSR count). The van der Waals surface area contributed by atoms with Gasteiger partial charge >= 0.3 is 0 Å². The topological polar surface area (TPSA) is 60.2 Å². The van der Waals surface area contributed by atoms with Gasteiger partial charge in [0, 0.05) is 7.11 Å². The van der Waals surface area contributed by atoms with Crippen LogP contribution in [0.25, 0.3) is 0 Å². The van der Waals surface area contributed by atoms with Crippen molar-refractivity contribution in [2.24, 2.45) is 5.92 Å². The Morgan fingerprint density at radius 3 is 2.95 bits per heavy atom. The number of methoxy groups -OCH3 is 1. The summed E-state index contributed by atoms with van der Waals surface area (Å²) in [6.45, 7) is 3.31. The summed E-state index contributed by atoms with van der Waals surface area (Å²) in [6.07, 6.45) is 6.67. The first-order valence-electron chi connectivity index (χ1n) is 7.36. The third-order valence-corrected chi connectivity index (χ3v) is 4.55. The van der Waals surface area contributed by atoms with Crippen LogP contribution in [0.3, 0.4) is 0 Å². The highest BCUT2D eigenvalue weighted by Gasteiger charge is 2.41. The van der Waals surface area contributed by atoms with Gasteiger partial charge in [-0.05, 0) is 44.6 Å². The smallest absolute Gasteiger partial charge is 0.243 e. The van der Waals surface area contributed by atoms with E-state index in [1.165, 1.54) is 19.3 Å². The minimum absolute atomic E-state index is 0.233. The molecule has 2 unspecified atom stereocenters. The predicted molar refractivity (Wildman–Crippen MR) is 70.6 cm³/mol. The predicted octanol–water partition coefficient (Wildman–Crippen LogP) is 2.55. The van der Waals surface area contributed by atoms with E-state index >= 15 is 0 Å². The third-order valence-electron chi connectivity index (χ3n) is 4.55. The molecular formula is C14H23N3O2. The molecule has 106 valence electrons. The van der Waals surface area contributed by atoms with Crippen LogP contribution in [0.15, 0.2) is 4.52 Å². The molecule has 3 atom stereocenters. The van der Waals surface area contributed by atoms with Crippen LogP contribution in [0.4, 0.5) is 0 Å². The van der Waals surface area contributed by atoms with Crippen LogP contribution in [0.2, 0.25) is 0 Å². The Balaban J connectivity index is 1.83. The standard InChI is InChI=1S/C14H23N3O2/c1-10-5-3-7-14(9-10,18-2)13-16-12(19-17-13)11-6-4-8-15-11/h10-11,15H,3-9H2,1-2H3/t10?,11-,14?/m0/s1. The molecule has 0 bridgehead atoms. The summed E-state index contributed by atoms with van der Waals surface area (Å²) >= 11 is 0. The van der Waals surface area contributed by atoms with Gasteiger partial charge in [0.25, 0.3) is 0 Å². The number of hydrogen-bond acceptors (Lipinski definition) is 5. The molecule has 1 aliphatic carbocycles. The molecule has 1 saturated carbocycles. The fourth-order valence-corrected chi connectivity index (χ4v) is 3.44. The Kier molecular flexibility index (Phi) is 3.58. The molecule has 1 aliphatic heterocycles. The van der Waals surface area contributed by atoms with Gasteiger partial charge < -0.3 is 14.6 Å². The van der Waals surface area contributed by atoms with Gasteiger partial charge in [0.1, 0.15) is 5.60 Å². The molecule has 19 heavy (non-hydrogen) atoms. The highest BCUT2D eigenvalue weighted by Crippen LogP contribution is 2.41. The normalized spacial score (nSPS) is 35.7. The fourth-order valence-electron chi connectivity index (χ4n) is 3.44. The maximum Gasteiger partial charge on any atom is 0.243 e. The molecule has 2 heterocycles. The van der Waals surface area contributed by atoms with E-state index < -0.39 is 0 Å². The zero-order valence-electron chi connectivity index (χ0n) is 11.8. The van der Waals surface area contributed by atoms with Gasteiger partial charge in [0.2, 0.25) is 11.7 Å². The molecule has 0 spiro atoms. The number of nitrogens with zero attached hydrogens (tertiary/aromatic N) is 2. The molecule has 2 fully saturated rings. The molecule has 0 amide bonds. The Morgan fingerprint density at radius 1 is 1.37 bits per heavy atom. The van der Waals surface area contributed by atoms with Crippen molar-refractivity contribution < 1.29 is 9.26 Å². The molecule has 0 radical (unpaired) electrons. The highest BCUT2D eigenvalue weighted by molar-refractivity contribution is 5.06. The SMILES string of the molecule is COC1(c2noc([C@@H]3CCCN3)n2)CCCC(C)C1. The zero-order chi connectivity index (χ0) is 13.3. The summed E-state index contributed by atoms with van der Waals surface area (Å²) in [4.78, 5) is 4.63. The van der Waals surface area contributed by atoms with Gasteiger partial charge in [0.05, 0.1) is 6.04 Å². The first-order valence-corrected chi connectivity index (χ1v) is 7.36. The van der Waals surface area contributed by atoms with Crippen LogP contribution >= 0.6 is 0 Å². The van der Waals surface area contributed by atoms with E-state index in [-0.39, 0.29) is 11.6 Å². The number of rotatable bonds is 3. The van der Waals surface area contributed by atoms with E-state index in [1.807, 2.05) is 0 Å². The van der Waals surface area contributed by atoms with E-state index in [4.69, 9.17) is 9.26 Å². The minimum atomic E-state index is -0.335. The van der Waals surface area contributed by atoms with Crippen molar-refractivity contribution >= 4 is 0 Å².